The van der Waals surface area contributed by atoms with Crippen molar-refractivity contribution in [1.82, 2.24) is 10.2 Å². The van der Waals surface area contributed by atoms with Gasteiger partial charge in [-0.2, -0.15) is 0 Å². The number of hydrogen-bond acceptors (Lipinski definition) is 2. The van der Waals surface area contributed by atoms with Crippen molar-refractivity contribution in [2.45, 2.75) is 26.3 Å². The number of piperidine rings is 1. The van der Waals surface area contributed by atoms with Crippen molar-refractivity contribution in [1.29, 1.82) is 0 Å². The molecule has 0 atom stereocenters. The molecule has 2 aromatic rings. The minimum atomic E-state index is -0.0174. The molecule has 1 heterocycles. The first-order valence-electron chi connectivity index (χ1n) is 9.48. The second-order valence-corrected chi connectivity index (χ2v) is 6.99. The van der Waals surface area contributed by atoms with Gasteiger partial charge in [-0.3, -0.25) is 9.59 Å². The number of nitrogens with one attached hydrogen (secondary N) is 1. The van der Waals surface area contributed by atoms with Gasteiger partial charge < -0.3 is 10.2 Å². The lowest BCUT2D eigenvalue weighted by Gasteiger charge is -2.30. The summed E-state index contributed by atoms with van der Waals surface area (Å²) in [5, 5.41) is 3.04. The molecule has 0 bridgehead atoms. The number of aryl methyl sites for hydroxylation is 1. The molecule has 2 amide bonds. The zero-order valence-corrected chi connectivity index (χ0v) is 15.7. The van der Waals surface area contributed by atoms with Crippen LogP contribution in [0.5, 0.6) is 0 Å². The van der Waals surface area contributed by atoms with Gasteiger partial charge in [-0.15, -0.1) is 0 Å². The van der Waals surface area contributed by atoms with E-state index in [4.69, 9.17) is 0 Å². The third-order valence-corrected chi connectivity index (χ3v) is 5.11. The molecule has 140 valence electrons. The van der Waals surface area contributed by atoms with E-state index in [1.54, 1.807) is 6.08 Å². The van der Waals surface area contributed by atoms with E-state index in [0.717, 1.165) is 11.1 Å². The second-order valence-electron chi connectivity index (χ2n) is 6.99. The molecule has 0 radical (unpaired) electrons. The van der Waals surface area contributed by atoms with Gasteiger partial charge in [0.05, 0.1) is 0 Å². The predicted molar refractivity (Wildman–Crippen MR) is 108 cm³/mol. The highest BCUT2D eigenvalue weighted by atomic mass is 16.2. The minimum Gasteiger partial charge on any atom is -0.352 e. The van der Waals surface area contributed by atoms with E-state index in [9.17, 15) is 9.59 Å². The zero-order valence-electron chi connectivity index (χ0n) is 15.7. The SMILES string of the molecule is Cc1ccccc1CNC(=O)C1CCN(C(=O)/C=C/c2ccccc2)CC1. The highest BCUT2D eigenvalue weighted by Crippen LogP contribution is 2.18. The number of rotatable bonds is 5. The van der Waals surface area contributed by atoms with Crippen LogP contribution in [-0.2, 0) is 16.1 Å². The molecule has 1 fully saturated rings. The van der Waals surface area contributed by atoms with E-state index in [0.29, 0.717) is 32.5 Å². The van der Waals surface area contributed by atoms with Crippen LogP contribution in [0, 0.1) is 12.8 Å². The molecule has 4 nitrogen and oxygen atoms in total. The smallest absolute Gasteiger partial charge is 0.246 e. The fourth-order valence-corrected chi connectivity index (χ4v) is 3.33. The summed E-state index contributed by atoms with van der Waals surface area (Å²) in [6.45, 7) is 3.86. The first-order chi connectivity index (χ1) is 13.1. The summed E-state index contributed by atoms with van der Waals surface area (Å²) in [5.74, 6) is 0.0824. The molecule has 0 spiro atoms. The maximum Gasteiger partial charge on any atom is 0.246 e. The average Bonchev–Trinajstić information content (AvgIpc) is 2.72. The Morgan fingerprint density at radius 2 is 1.70 bits per heavy atom. The topological polar surface area (TPSA) is 49.4 Å². The van der Waals surface area contributed by atoms with Gasteiger partial charge in [-0.05, 0) is 42.5 Å². The van der Waals surface area contributed by atoms with Crippen LogP contribution >= 0.6 is 0 Å². The van der Waals surface area contributed by atoms with Crippen LogP contribution in [0.15, 0.2) is 60.7 Å². The Morgan fingerprint density at radius 3 is 2.41 bits per heavy atom. The molecular formula is C23H26N2O2. The Kier molecular flexibility index (Phi) is 6.42. The fourth-order valence-electron chi connectivity index (χ4n) is 3.33. The van der Waals surface area contributed by atoms with Crippen molar-refractivity contribution in [2.75, 3.05) is 13.1 Å². The fraction of sp³-hybridized carbons (Fsp3) is 0.304. The van der Waals surface area contributed by atoms with Gasteiger partial charge >= 0.3 is 0 Å². The maximum absolute atomic E-state index is 12.4. The number of likely N-dealkylation sites (tertiary alicyclic amines) is 1. The Bertz CT molecular complexity index is 806. The summed E-state index contributed by atoms with van der Waals surface area (Å²) in [6, 6.07) is 17.9. The van der Waals surface area contributed by atoms with Crippen molar-refractivity contribution in [2.24, 2.45) is 5.92 Å². The molecule has 0 aromatic heterocycles. The summed E-state index contributed by atoms with van der Waals surface area (Å²) < 4.78 is 0. The lowest BCUT2D eigenvalue weighted by Crippen LogP contribution is -2.42. The summed E-state index contributed by atoms with van der Waals surface area (Å²) in [5.41, 5.74) is 3.34. The molecule has 1 aliphatic heterocycles. The summed E-state index contributed by atoms with van der Waals surface area (Å²) in [4.78, 5) is 26.6. The number of hydrogen-bond donors (Lipinski definition) is 1. The Balaban J connectivity index is 1.45. The standard InChI is InChI=1S/C23H26N2O2/c1-18-7-5-6-10-21(18)17-24-23(27)20-13-15-25(16-14-20)22(26)12-11-19-8-3-2-4-9-19/h2-12,20H,13-17H2,1H3,(H,24,27)/b12-11+. The first-order valence-corrected chi connectivity index (χ1v) is 9.48. The van der Waals surface area contributed by atoms with Crippen molar-refractivity contribution >= 4 is 17.9 Å². The third-order valence-electron chi connectivity index (χ3n) is 5.11. The third kappa shape index (κ3) is 5.30. The summed E-state index contributed by atoms with van der Waals surface area (Å²) >= 11 is 0. The van der Waals surface area contributed by atoms with Gasteiger partial charge in [-0.1, -0.05) is 54.6 Å². The van der Waals surface area contributed by atoms with Crippen LogP contribution in [0.1, 0.15) is 29.5 Å². The largest absolute Gasteiger partial charge is 0.352 e. The average molecular weight is 362 g/mol. The number of benzene rings is 2. The lowest BCUT2D eigenvalue weighted by molar-refractivity contribution is -0.132. The predicted octanol–water partition coefficient (Wildman–Crippen LogP) is 3.56. The quantitative estimate of drug-likeness (QED) is 0.827. The molecule has 1 N–H and O–H groups in total. The maximum atomic E-state index is 12.4. The molecule has 3 rings (SSSR count). The Hall–Kier alpha value is -2.88. The molecule has 1 aliphatic rings. The lowest BCUT2D eigenvalue weighted by atomic mass is 9.95. The van der Waals surface area contributed by atoms with Crippen molar-refractivity contribution < 1.29 is 9.59 Å². The van der Waals surface area contributed by atoms with Gasteiger partial charge in [0.25, 0.3) is 0 Å². The van der Waals surface area contributed by atoms with Crippen LogP contribution in [0.25, 0.3) is 6.08 Å². The molecule has 2 aromatic carbocycles. The van der Waals surface area contributed by atoms with E-state index in [-0.39, 0.29) is 17.7 Å². The molecule has 0 unspecified atom stereocenters. The number of carbonyl (C=O) groups excluding carboxylic acids is 2. The summed E-state index contributed by atoms with van der Waals surface area (Å²) in [6.07, 6.45) is 4.88. The van der Waals surface area contributed by atoms with Crippen LogP contribution in [-0.4, -0.2) is 29.8 Å². The van der Waals surface area contributed by atoms with E-state index >= 15 is 0 Å². The summed E-state index contributed by atoms with van der Waals surface area (Å²) in [7, 11) is 0. The molecule has 0 aliphatic carbocycles. The zero-order chi connectivity index (χ0) is 19.1. The van der Waals surface area contributed by atoms with E-state index in [1.165, 1.54) is 5.56 Å². The molecule has 4 heteroatoms. The van der Waals surface area contributed by atoms with E-state index < -0.39 is 0 Å². The molecule has 0 saturated carbocycles. The van der Waals surface area contributed by atoms with Crippen molar-refractivity contribution in [3.05, 3.63) is 77.4 Å². The van der Waals surface area contributed by atoms with Crippen molar-refractivity contribution in [3.8, 4) is 0 Å². The number of carbonyl (C=O) groups is 2. The van der Waals surface area contributed by atoms with Crippen LogP contribution in [0.4, 0.5) is 0 Å². The molecular weight excluding hydrogens is 336 g/mol. The minimum absolute atomic E-state index is 0.0117. The second kappa shape index (κ2) is 9.17. The number of nitrogens with zero attached hydrogens (tertiary/aromatic N) is 1. The highest BCUT2D eigenvalue weighted by molar-refractivity contribution is 5.92. The van der Waals surface area contributed by atoms with Crippen LogP contribution in [0.3, 0.4) is 0 Å². The van der Waals surface area contributed by atoms with Crippen LogP contribution in [0.2, 0.25) is 0 Å². The van der Waals surface area contributed by atoms with E-state index in [1.807, 2.05) is 59.5 Å². The molecule has 1 saturated heterocycles. The van der Waals surface area contributed by atoms with E-state index in [2.05, 4.69) is 18.3 Å². The Morgan fingerprint density at radius 1 is 1.04 bits per heavy atom. The first kappa shape index (κ1) is 18.9. The highest BCUT2D eigenvalue weighted by Gasteiger charge is 2.26. The van der Waals surface area contributed by atoms with Gasteiger partial charge in [-0.25, -0.2) is 0 Å². The van der Waals surface area contributed by atoms with Crippen LogP contribution < -0.4 is 5.32 Å². The van der Waals surface area contributed by atoms with Gasteiger partial charge in [0.2, 0.25) is 11.8 Å². The van der Waals surface area contributed by atoms with Crippen molar-refractivity contribution in [3.63, 3.8) is 0 Å². The normalized spacial score (nSPS) is 15.1. The van der Waals surface area contributed by atoms with Gasteiger partial charge in [0, 0.05) is 31.6 Å². The molecule has 27 heavy (non-hydrogen) atoms. The Labute approximate surface area is 160 Å². The van der Waals surface area contributed by atoms with Gasteiger partial charge in [0.1, 0.15) is 0 Å². The monoisotopic (exact) mass is 362 g/mol. The van der Waals surface area contributed by atoms with Gasteiger partial charge in [0.15, 0.2) is 0 Å². The number of amides is 2.